The Morgan fingerprint density at radius 1 is 0.944 bits per heavy atom. The molecular weight excluding hydrogens is 476 g/mol. The number of nitrogens with zero attached hydrogens (tertiary/aromatic N) is 2. The van der Waals surface area contributed by atoms with Gasteiger partial charge < -0.3 is 9.47 Å². The van der Waals surface area contributed by atoms with E-state index in [1.54, 1.807) is 42.5 Å². The number of rotatable bonds is 8. The zero-order chi connectivity index (χ0) is 25.3. The van der Waals surface area contributed by atoms with Crippen LogP contribution in [0.3, 0.4) is 0 Å². The molecule has 0 aliphatic heterocycles. The summed E-state index contributed by atoms with van der Waals surface area (Å²) >= 11 is 0. The van der Waals surface area contributed by atoms with Gasteiger partial charge in [-0.15, -0.1) is 0 Å². The first-order valence-corrected chi connectivity index (χ1v) is 12.8. The van der Waals surface area contributed by atoms with Gasteiger partial charge in [-0.2, -0.15) is 0 Å². The Labute approximate surface area is 209 Å². The highest BCUT2D eigenvalue weighted by Gasteiger charge is 2.26. The molecule has 0 fully saturated rings. The van der Waals surface area contributed by atoms with Crippen LogP contribution in [0.5, 0.6) is 5.75 Å². The van der Waals surface area contributed by atoms with E-state index in [-0.39, 0.29) is 17.2 Å². The molecule has 0 saturated carbocycles. The van der Waals surface area contributed by atoms with Gasteiger partial charge in [-0.25, -0.2) is 12.4 Å². The molecule has 2 heterocycles. The first-order chi connectivity index (χ1) is 17.4. The van der Waals surface area contributed by atoms with E-state index in [1.165, 1.54) is 17.3 Å². The third kappa shape index (κ3) is 4.14. The number of hydrogen-bond donors (Lipinski definition) is 0. The van der Waals surface area contributed by atoms with E-state index in [9.17, 15) is 13.2 Å². The number of carbonyl (C=O) groups excluding carboxylic acids is 1. The molecule has 0 bridgehead atoms. The molecule has 0 N–H and O–H groups in total. The second-order valence-corrected chi connectivity index (χ2v) is 10.3. The summed E-state index contributed by atoms with van der Waals surface area (Å²) in [6, 6.07) is 21.7. The number of aryl methyl sites for hydroxylation is 1. The van der Waals surface area contributed by atoms with Crippen molar-refractivity contribution >= 4 is 38.1 Å². The van der Waals surface area contributed by atoms with Crippen LogP contribution in [-0.4, -0.2) is 30.8 Å². The van der Waals surface area contributed by atoms with Crippen LogP contribution in [-0.2, 0) is 28.0 Å². The summed E-state index contributed by atoms with van der Waals surface area (Å²) in [6.07, 6.45) is 2.08. The van der Waals surface area contributed by atoms with Gasteiger partial charge in [0.15, 0.2) is 6.29 Å². The van der Waals surface area contributed by atoms with Gasteiger partial charge in [-0.1, -0.05) is 48.0 Å². The minimum atomic E-state index is -3.98. The number of aromatic nitrogens is 2. The number of carbonyl (C=O) groups is 1. The summed E-state index contributed by atoms with van der Waals surface area (Å²) in [7, 11) is -2.46. The number of aldehydes is 1. The molecular formula is C28H24N2O5S. The van der Waals surface area contributed by atoms with Crippen molar-refractivity contribution in [3.63, 3.8) is 0 Å². The molecule has 7 nitrogen and oxygen atoms in total. The molecule has 0 saturated heterocycles. The minimum Gasteiger partial charge on any atom is -0.489 e. The molecule has 0 atom stereocenters. The number of pyridine rings is 1. The number of methoxy groups -OCH3 is 1. The van der Waals surface area contributed by atoms with Gasteiger partial charge in [-0.05, 0) is 42.8 Å². The monoisotopic (exact) mass is 500 g/mol. The van der Waals surface area contributed by atoms with Gasteiger partial charge in [0.1, 0.15) is 18.1 Å². The van der Waals surface area contributed by atoms with Crippen LogP contribution < -0.4 is 4.74 Å². The van der Waals surface area contributed by atoms with E-state index < -0.39 is 10.0 Å². The Morgan fingerprint density at radius 2 is 1.69 bits per heavy atom. The highest BCUT2D eigenvalue weighted by Crippen LogP contribution is 2.37. The van der Waals surface area contributed by atoms with Crippen LogP contribution in [0, 0.1) is 6.92 Å². The molecule has 0 aliphatic rings. The second-order valence-electron chi connectivity index (χ2n) is 8.47. The molecule has 0 spiro atoms. The largest absolute Gasteiger partial charge is 0.489 e. The Kier molecular flexibility index (Phi) is 6.30. The lowest BCUT2D eigenvalue weighted by Crippen LogP contribution is -2.13. The molecule has 36 heavy (non-hydrogen) atoms. The predicted octanol–water partition coefficient (Wildman–Crippen LogP) is 5.27. The standard InChI is InChI=1S/C28H24N2O5S/c1-19-8-11-22(12-9-19)36(32,33)30-26-13-10-21(35-17-20-6-4-3-5-7-20)14-23(26)28-24(18-34-2)25(16-31)29-15-27(28)30/h3-16H,17-18H2,1-2H3. The lowest BCUT2D eigenvalue weighted by molar-refractivity contribution is 0.111. The number of hydrogen-bond acceptors (Lipinski definition) is 6. The Bertz CT molecular complexity index is 1680. The Balaban J connectivity index is 1.76. The summed E-state index contributed by atoms with van der Waals surface area (Å²) < 4.78 is 40.4. The molecule has 0 amide bonds. The smallest absolute Gasteiger partial charge is 0.268 e. The van der Waals surface area contributed by atoms with Crippen LogP contribution >= 0.6 is 0 Å². The maximum absolute atomic E-state index is 13.9. The molecule has 5 rings (SSSR count). The summed E-state index contributed by atoms with van der Waals surface area (Å²) in [5.41, 5.74) is 3.51. The Morgan fingerprint density at radius 3 is 2.39 bits per heavy atom. The number of ether oxygens (including phenoxy) is 2. The van der Waals surface area contributed by atoms with Gasteiger partial charge in [-0.3, -0.25) is 9.78 Å². The predicted molar refractivity (Wildman–Crippen MR) is 138 cm³/mol. The zero-order valence-corrected chi connectivity index (χ0v) is 20.7. The lowest BCUT2D eigenvalue weighted by atomic mass is 10.1. The summed E-state index contributed by atoms with van der Waals surface area (Å²) in [4.78, 5) is 16.2. The average molecular weight is 501 g/mol. The van der Waals surface area contributed by atoms with Crippen LogP contribution in [0.25, 0.3) is 21.8 Å². The van der Waals surface area contributed by atoms with Crippen molar-refractivity contribution in [3.8, 4) is 5.75 Å². The third-order valence-electron chi connectivity index (χ3n) is 6.08. The van der Waals surface area contributed by atoms with Crippen molar-refractivity contribution < 1.29 is 22.7 Å². The van der Waals surface area contributed by atoms with Gasteiger partial charge in [0.05, 0.1) is 28.7 Å². The summed E-state index contributed by atoms with van der Waals surface area (Å²) in [5, 5.41) is 1.22. The lowest BCUT2D eigenvalue weighted by Gasteiger charge is -2.11. The second kappa shape index (κ2) is 9.56. The van der Waals surface area contributed by atoms with Gasteiger partial charge >= 0.3 is 0 Å². The molecule has 2 aromatic heterocycles. The molecule has 3 aromatic carbocycles. The van der Waals surface area contributed by atoms with Crippen molar-refractivity contribution in [3.05, 3.63) is 101 Å². The van der Waals surface area contributed by atoms with Crippen LogP contribution in [0.4, 0.5) is 0 Å². The summed E-state index contributed by atoms with van der Waals surface area (Å²) in [5.74, 6) is 0.575. The van der Waals surface area contributed by atoms with Crippen molar-refractivity contribution in [2.75, 3.05) is 7.11 Å². The molecule has 0 aliphatic carbocycles. The molecule has 182 valence electrons. The fourth-order valence-corrected chi connectivity index (χ4v) is 5.84. The maximum atomic E-state index is 13.9. The third-order valence-corrected chi connectivity index (χ3v) is 7.82. The first kappa shape index (κ1) is 23.7. The average Bonchev–Trinajstić information content (AvgIpc) is 3.23. The van der Waals surface area contributed by atoms with E-state index in [0.717, 1.165) is 11.1 Å². The molecule has 0 unspecified atom stereocenters. The van der Waals surface area contributed by atoms with E-state index in [4.69, 9.17) is 9.47 Å². The minimum absolute atomic E-state index is 0.0945. The topological polar surface area (TPSA) is 87.5 Å². The number of fused-ring (bicyclic) bond motifs is 3. The van der Waals surface area contributed by atoms with Crippen molar-refractivity contribution in [2.24, 2.45) is 0 Å². The highest BCUT2D eigenvalue weighted by atomic mass is 32.2. The van der Waals surface area contributed by atoms with Gasteiger partial charge in [0, 0.05) is 23.4 Å². The van der Waals surface area contributed by atoms with Crippen molar-refractivity contribution in [1.29, 1.82) is 0 Å². The SMILES string of the molecule is COCc1c(C=O)ncc2c1c1cc(OCc3ccccc3)ccc1n2S(=O)(=O)c1ccc(C)cc1. The van der Waals surface area contributed by atoms with Crippen molar-refractivity contribution in [1.82, 2.24) is 8.96 Å². The van der Waals surface area contributed by atoms with Crippen LogP contribution in [0.1, 0.15) is 27.2 Å². The zero-order valence-electron chi connectivity index (χ0n) is 19.8. The fourth-order valence-electron chi connectivity index (χ4n) is 4.33. The quantitative estimate of drug-likeness (QED) is 0.270. The first-order valence-electron chi connectivity index (χ1n) is 11.3. The van der Waals surface area contributed by atoms with E-state index >= 15 is 0 Å². The van der Waals surface area contributed by atoms with Crippen LogP contribution in [0.15, 0.2) is 83.9 Å². The van der Waals surface area contributed by atoms with E-state index in [1.807, 2.05) is 37.3 Å². The molecule has 0 radical (unpaired) electrons. The molecule has 8 heteroatoms. The van der Waals surface area contributed by atoms with Crippen LogP contribution in [0.2, 0.25) is 0 Å². The van der Waals surface area contributed by atoms with E-state index in [2.05, 4.69) is 4.98 Å². The summed E-state index contributed by atoms with van der Waals surface area (Å²) in [6.45, 7) is 2.35. The highest BCUT2D eigenvalue weighted by molar-refractivity contribution is 7.90. The molecule has 5 aromatic rings. The fraction of sp³-hybridized carbons (Fsp3) is 0.143. The Hall–Kier alpha value is -4.01. The normalized spacial score (nSPS) is 11.7. The van der Waals surface area contributed by atoms with Gasteiger partial charge in [0.25, 0.3) is 10.0 Å². The maximum Gasteiger partial charge on any atom is 0.268 e. The van der Waals surface area contributed by atoms with Gasteiger partial charge in [0.2, 0.25) is 0 Å². The number of benzene rings is 3. The van der Waals surface area contributed by atoms with Crippen molar-refractivity contribution in [2.45, 2.75) is 25.0 Å². The van der Waals surface area contributed by atoms with E-state index in [0.29, 0.717) is 46.0 Å².